The molecule has 0 radical (unpaired) electrons. The molecule has 3 aromatic carbocycles. The van der Waals surface area contributed by atoms with Crippen molar-refractivity contribution in [2.75, 3.05) is 13.7 Å². The number of nitrogens with zero attached hydrogens (tertiary/aromatic N) is 1. The quantitative estimate of drug-likeness (QED) is 0.209. The number of hydrogen-bond acceptors (Lipinski definition) is 5. The van der Waals surface area contributed by atoms with Crippen LogP contribution in [0.4, 0.5) is 0 Å². The van der Waals surface area contributed by atoms with Crippen LogP contribution in [-0.4, -0.2) is 40.9 Å². The summed E-state index contributed by atoms with van der Waals surface area (Å²) in [5, 5.41) is 20.5. The lowest BCUT2D eigenvalue weighted by Gasteiger charge is -2.21. The molecule has 1 amide bonds. The minimum Gasteiger partial charge on any atom is -0.497 e. The number of benzene rings is 3. The average Bonchev–Trinajstić information content (AvgIpc) is 3.34. The molecule has 11 heteroatoms. The highest BCUT2D eigenvalue weighted by molar-refractivity contribution is 6.35. The Bertz CT molecular complexity index is 1440. The lowest BCUT2D eigenvalue weighted by atomic mass is 9.95. The van der Waals surface area contributed by atoms with E-state index in [0.717, 1.165) is 5.56 Å². The molecule has 196 valence electrons. The fourth-order valence-electron chi connectivity index (χ4n) is 3.82. The zero-order chi connectivity index (χ0) is 27.2. The predicted octanol–water partition coefficient (Wildman–Crippen LogP) is 6.17. The molecule has 38 heavy (non-hydrogen) atoms. The summed E-state index contributed by atoms with van der Waals surface area (Å²) in [5.41, 5.74) is 2.68. The van der Waals surface area contributed by atoms with Crippen LogP contribution in [0.15, 0.2) is 66.7 Å². The largest absolute Gasteiger partial charge is 0.497 e. The number of carbonyl (C=O) groups is 2. The monoisotopic (exact) mass is 573 g/mol. The smallest absolute Gasteiger partial charge is 0.329 e. The van der Waals surface area contributed by atoms with Crippen LogP contribution >= 0.6 is 34.8 Å². The molecule has 1 heterocycles. The number of carboxylic acids is 1. The molecule has 0 bridgehead atoms. The zero-order valence-corrected chi connectivity index (χ0v) is 22.3. The fourth-order valence-corrected chi connectivity index (χ4v) is 4.46. The highest BCUT2D eigenvalue weighted by atomic mass is 35.5. The first kappa shape index (κ1) is 27.5. The first-order valence-electron chi connectivity index (χ1n) is 11.3. The SMILES string of the molecule is COc1ccc(CNC(=O)c2n[nH]c(-c3ccc(Cl)cc3)c2C(OCC(=O)O)c2ccc(Cl)cc2Cl)cc1. The first-order valence-corrected chi connectivity index (χ1v) is 12.4. The number of methoxy groups -OCH3 is 1. The van der Waals surface area contributed by atoms with Crippen molar-refractivity contribution < 1.29 is 24.2 Å². The Morgan fingerprint density at radius 1 is 1.00 bits per heavy atom. The second-order valence-electron chi connectivity index (χ2n) is 8.15. The predicted molar refractivity (Wildman–Crippen MR) is 145 cm³/mol. The Hall–Kier alpha value is -3.56. The second-order valence-corrected chi connectivity index (χ2v) is 9.43. The molecule has 0 saturated heterocycles. The van der Waals surface area contributed by atoms with Gasteiger partial charge in [-0.25, -0.2) is 4.79 Å². The standard InChI is InChI=1S/C27H22Cl3N3O5/c1-37-19-9-2-15(3-10-19)13-31-27(36)25-23(24(32-33-25)16-4-6-17(28)7-5-16)26(38-14-22(34)35)20-11-8-18(29)12-21(20)30/h2-12,26H,13-14H2,1H3,(H,31,36)(H,32,33)(H,34,35). The Kier molecular flexibility index (Phi) is 8.91. The van der Waals surface area contributed by atoms with E-state index in [4.69, 9.17) is 44.3 Å². The van der Waals surface area contributed by atoms with Crippen molar-refractivity contribution in [3.63, 3.8) is 0 Å². The van der Waals surface area contributed by atoms with E-state index in [1.165, 1.54) is 6.07 Å². The van der Waals surface area contributed by atoms with Crippen LogP contribution < -0.4 is 10.1 Å². The molecule has 0 aliphatic heterocycles. The van der Waals surface area contributed by atoms with Gasteiger partial charge in [-0.1, -0.05) is 65.1 Å². The topological polar surface area (TPSA) is 114 Å². The maximum atomic E-state index is 13.4. The number of rotatable bonds is 10. The molecular weight excluding hydrogens is 553 g/mol. The van der Waals surface area contributed by atoms with Gasteiger partial charge in [-0.15, -0.1) is 0 Å². The van der Waals surface area contributed by atoms with E-state index in [1.54, 1.807) is 55.6 Å². The normalized spacial score (nSPS) is 11.7. The van der Waals surface area contributed by atoms with Gasteiger partial charge >= 0.3 is 5.97 Å². The second kappa shape index (κ2) is 12.3. The third-order valence-electron chi connectivity index (χ3n) is 5.64. The van der Waals surface area contributed by atoms with Gasteiger partial charge in [0.15, 0.2) is 5.69 Å². The van der Waals surface area contributed by atoms with E-state index >= 15 is 0 Å². The van der Waals surface area contributed by atoms with Gasteiger partial charge in [0.2, 0.25) is 0 Å². The summed E-state index contributed by atoms with van der Waals surface area (Å²) < 4.78 is 11.0. The van der Waals surface area contributed by atoms with Gasteiger partial charge in [-0.2, -0.15) is 5.10 Å². The number of aromatic amines is 1. The van der Waals surface area contributed by atoms with Crippen LogP contribution in [-0.2, 0) is 16.1 Å². The number of aliphatic carboxylic acids is 1. The van der Waals surface area contributed by atoms with Crippen LogP contribution in [0.1, 0.15) is 33.3 Å². The molecule has 3 N–H and O–H groups in total. The molecule has 4 rings (SSSR count). The third kappa shape index (κ3) is 6.46. The molecule has 1 unspecified atom stereocenters. The number of carbonyl (C=O) groups excluding carboxylic acids is 1. The summed E-state index contributed by atoms with van der Waals surface area (Å²) >= 11 is 18.7. The van der Waals surface area contributed by atoms with E-state index in [1.807, 2.05) is 12.1 Å². The number of hydrogen-bond donors (Lipinski definition) is 3. The first-order chi connectivity index (χ1) is 18.3. The Labute approximate surface area is 233 Å². The van der Waals surface area contributed by atoms with Crippen LogP contribution in [0.3, 0.4) is 0 Å². The number of halogens is 3. The number of H-pyrrole nitrogens is 1. The van der Waals surface area contributed by atoms with Crippen LogP contribution in [0.5, 0.6) is 5.75 Å². The zero-order valence-electron chi connectivity index (χ0n) is 20.0. The van der Waals surface area contributed by atoms with Gasteiger partial charge in [0.1, 0.15) is 18.5 Å². The third-order valence-corrected chi connectivity index (χ3v) is 6.46. The number of carboxylic acid groups (broad SMARTS) is 1. The molecule has 4 aromatic rings. The molecule has 0 spiro atoms. The lowest BCUT2D eigenvalue weighted by Crippen LogP contribution is -2.25. The van der Waals surface area contributed by atoms with Crippen LogP contribution in [0.2, 0.25) is 15.1 Å². The summed E-state index contributed by atoms with van der Waals surface area (Å²) in [6.45, 7) is -0.435. The van der Waals surface area contributed by atoms with Crippen molar-refractivity contribution in [2.24, 2.45) is 0 Å². The van der Waals surface area contributed by atoms with Gasteiger partial charge in [0.05, 0.1) is 12.8 Å². The van der Waals surface area contributed by atoms with E-state index in [9.17, 15) is 14.7 Å². The summed E-state index contributed by atoms with van der Waals surface area (Å²) in [6, 6.07) is 18.8. The lowest BCUT2D eigenvalue weighted by molar-refractivity contribution is -0.143. The Balaban J connectivity index is 1.78. The van der Waals surface area contributed by atoms with Gasteiger partial charge in [-0.05, 0) is 42.0 Å². The van der Waals surface area contributed by atoms with Gasteiger partial charge in [0, 0.05) is 38.3 Å². The van der Waals surface area contributed by atoms with E-state index in [-0.39, 0.29) is 17.3 Å². The number of amides is 1. The number of nitrogens with one attached hydrogen (secondary N) is 2. The van der Waals surface area contributed by atoms with E-state index in [0.29, 0.717) is 38.2 Å². The van der Waals surface area contributed by atoms with Crippen LogP contribution in [0, 0.1) is 0 Å². The molecule has 0 saturated carbocycles. The van der Waals surface area contributed by atoms with Crippen molar-refractivity contribution in [2.45, 2.75) is 12.6 Å². The molecule has 0 fully saturated rings. The molecule has 1 atom stereocenters. The molecule has 8 nitrogen and oxygen atoms in total. The minimum atomic E-state index is -1.19. The maximum absolute atomic E-state index is 13.4. The summed E-state index contributed by atoms with van der Waals surface area (Å²) in [7, 11) is 1.57. The van der Waals surface area contributed by atoms with E-state index < -0.39 is 24.6 Å². The summed E-state index contributed by atoms with van der Waals surface area (Å²) in [4.78, 5) is 24.9. The number of ether oxygens (including phenoxy) is 2. The van der Waals surface area contributed by atoms with E-state index in [2.05, 4.69) is 15.5 Å². The minimum absolute atomic E-state index is 0.0184. The summed E-state index contributed by atoms with van der Waals surface area (Å²) in [6.07, 6.45) is -1.07. The Morgan fingerprint density at radius 3 is 2.32 bits per heavy atom. The Morgan fingerprint density at radius 2 is 1.68 bits per heavy atom. The van der Waals surface area contributed by atoms with Gasteiger partial charge in [0.25, 0.3) is 5.91 Å². The van der Waals surface area contributed by atoms with Crippen molar-refractivity contribution in [1.29, 1.82) is 0 Å². The highest BCUT2D eigenvalue weighted by Gasteiger charge is 2.31. The fraction of sp³-hybridized carbons (Fsp3) is 0.148. The van der Waals surface area contributed by atoms with Crippen molar-refractivity contribution in [1.82, 2.24) is 15.5 Å². The van der Waals surface area contributed by atoms with Gasteiger partial charge < -0.3 is 19.9 Å². The van der Waals surface area contributed by atoms with Crippen molar-refractivity contribution in [3.8, 4) is 17.0 Å². The highest BCUT2D eigenvalue weighted by Crippen LogP contribution is 2.39. The number of aromatic nitrogens is 2. The van der Waals surface area contributed by atoms with Crippen LogP contribution in [0.25, 0.3) is 11.3 Å². The molecule has 0 aliphatic rings. The molecule has 1 aromatic heterocycles. The maximum Gasteiger partial charge on any atom is 0.329 e. The average molecular weight is 575 g/mol. The summed E-state index contributed by atoms with van der Waals surface area (Å²) in [5.74, 6) is -0.996. The van der Waals surface area contributed by atoms with Crippen molar-refractivity contribution >= 4 is 46.7 Å². The van der Waals surface area contributed by atoms with Crippen molar-refractivity contribution in [3.05, 3.63) is 104 Å². The van der Waals surface area contributed by atoms with Gasteiger partial charge in [-0.3, -0.25) is 9.89 Å². The molecular formula is C27H22Cl3N3O5. The molecule has 0 aliphatic carbocycles.